The van der Waals surface area contributed by atoms with Gasteiger partial charge in [-0.05, 0) is 64.8 Å². The molecule has 0 bridgehead atoms. The fourth-order valence-electron chi connectivity index (χ4n) is 3.83. The van der Waals surface area contributed by atoms with Crippen molar-refractivity contribution in [1.29, 1.82) is 0 Å². The monoisotopic (exact) mass is 497 g/mol. The van der Waals surface area contributed by atoms with Crippen LogP contribution >= 0.6 is 23.1 Å². The molecule has 0 fully saturated rings. The highest BCUT2D eigenvalue weighted by Gasteiger charge is 2.19. The van der Waals surface area contributed by atoms with Crippen molar-refractivity contribution < 1.29 is 14.3 Å². The van der Waals surface area contributed by atoms with Gasteiger partial charge in [0.15, 0.2) is 15.9 Å². The van der Waals surface area contributed by atoms with Gasteiger partial charge in [0.05, 0.1) is 17.3 Å². The van der Waals surface area contributed by atoms with E-state index < -0.39 is 5.97 Å². The first-order valence-electron chi connectivity index (χ1n) is 11.0. The summed E-state index contributed by atoms with van der Waals surface area (Å²) in [6, 6.07) is 6.38. The quantitative estimate of drug-likeness (QED) is 0.275. The molecule has 3 heterocycles. The Labute approximate surface area is 206 Å². The summed E-state index contributed by atoms with van der Waals surface area (Å²) in [6.07, 6.45) is 0.0532. The molecule has 178 valence electrons. The zero-order chi connectivity index (χ0) is 24.6. The lowest BCUT2D eigenvalue weighted by Crippen LogP contribution is -2.12. The number of thioether (sulfide) groups is 1. The van der Waals surface area contributed by atoms with Crippen LogP contribution in [0.3, 0.4) is 0 Å². The predicted octanol–water partition coefficient (Wildman–Crippen LogP) is 5.26. The Morgan fingerprint density at radius 3 is 2.62 bits per heavy atom. The highest BCUT2D eigenvalue weighted by molar-refractivity contribution is 7.99. The van der Waals surface area contributed by atoms with Crippen molar-refractivity contribution in [2.45, 2.75) is 59.2 Å². The third-order valence-electron chi connectivity index (χ3n) is 5.23. The van der Waals surface area contributed by atoms with E-state index in [1.165, 1.54) is 22.7 Å². The number of pyridine rings is 1. The first-order valence-corrected chi connectivity index (χ1v) is 12.8. The van der Waals surface area contributed by atoms with E-state index >= 15 is 0 Å². The molecule has 34 heavy (non-hydrogen) atoms. The fraction of sp³-hybridized carbons (Fsp3) is 0.375. The number of nitrogens with zero attached hydrogens (tertiary/aromatic N) is 4. The minimum Gasteiger partial charge on any atom is -0.459 e. The lowest BCUT2D eigenvalue weighted by molar-refractivity contribution is -0.115. The Balaban J connectivity index is 1.45. The van der Waals surface area contributed by atoms with E-state index in [1.54, 1.807) is 20.8 Å². The minimum atomic E-state index is -0.423. The van der Waals surface area contributed by atoms with Crippen LogP contribution in [-0.4, -0.2) is 43.3 Å². The summed E-state index contributed by atoms with van der Waals surface area (Å²) in [4.78, 5) is 29.4. The molecule has 0 aliphatic heterocycles. The lowest BCUT2D eigenvalue weighted by atomic mass is 10.0. The van der Waals surface area contributed by atoms with E-state index in [2.05, 4.69) is 57.8 Å². The van der Waals surface area contributed by atoms with Gasteiger partial charge in [0.25, 0.3) is 0 Å². The number of thiazole rings is 1. The maximum Gasteiger partial charge on any atom is 0.350 e. The summed E-state index contributed by atoms with van der Waals surface area (Å²) in [5.74, 6) is -0.0708. The molecular weight excluding hydrogens is 470 g/mol. The van der Waals surface area contributed by atoms with Crippen LogP contribution in [0, 0.1) is 27.7 Å². The first-order chi connectivity index (χ1) is 16.1. The van der Waals surface area contributed by atoms with Crippen LogP contribution in [0.1, 0.15) is 52.3 Å². The number of ether oxygens (including phenoxy) is 1. The Bertz CT molecular complexity index is 1410. The number of aryl methyl sites for hydroxylation is 4. The van der Waals surface area contributed by atoms with Crippen molar-refractivity contribution >= 4 is 56.7 Å². The summed E-state index contributed by atoms with van der Waals surface area (Å²) in [7, 11) is 0. The first kappa shape index (κ1) is 24.2. The summed E-state index contributed by atoms with van der Waals surface area (Å²) < 4.78 is 7.30. The number of benzene rings is 1. The number of nitrogens with one attached hydrogen (secondary N) is 1. The van der Waals surface area contributed by atoms with Gasteiger partial charge in [-0.3, -0.25) is 9.20 Å². The normalized spacial score (nSPS) is 11.5. The van der Waals surface area contributed by atoms with Crippen LogP contribution in [0.25, 0.3) is 16.6 Å². The Kier molecular flexibility index (Phi) is 6.90. The summed E-state index contributed by atoms with van der Waals surface area (Å²) in [5.41, 5.74) is 5.97. The minimum absolute atomic E-state index is 0.175. The highest BCUT2D eigenvalue weighted by atomic mass is 32.2. The maximum absolute atomic E-state index is 12.5. The van der Waals surface area contributed by atoms with Crippen molar-refractivity contribution in [3.8, 4) is 0 Å². The number of carbonyl (C=O) groups is 2. The molecule has 8 nitrogen and oxygen atoms in total. The number of hydrogen-bond acceptors (Lipinski definition) is 8. The molecule has 0 atom stereocenters. The number of aromatic nitrogens is 4. The van der Waals surface area contributed by atoms with Gasteiger partial charge in [-0.1, -0.05) is 34.7 Å². The highest BCUT2D eigenvalue weighted by Crippen LogP contribution is 2.29. The molecule has 1 amide bonds. The second-order valence-corrected chi connectivity index (χ2v) is 10.6. The second kappa shape index (κ2) is 9.71. The van der Waals surface area contributed by atoms with E-state index in [9.17, 15) is 9.59 Å². The molecular formula is C24H27N5O3S2. The molecule has 1 N–H and O–H groups in total. The molecule has 0 saturated heterocycles. The van der Waals surface area contributed by atoms with Crippen molar-refractivity contribution in [1.82, 2.24) is 19.6 Å². The van der Waals surface area contributed by atoms with Gasteiger partial charge in [-0.25, -0.2) is 9.78 Å². The van der Waals surface area contributed by atoms with E-state index in [4.69, 9.17) is 4.74 Å². The van der Waals surface area contributed by atoms with E-state index in [0.717, 1.165) is 38.8 Å². The molecule has 0 aliphatic carbocycles. The number of fused-ring (bicyclic) bond motifs is 3. The van der Waals surface area contributed by atoms with Crippen molar-refractivity contribution in [3.05, 3.63) is 45.5 Å². The zero-order valence-corrected chi connectivity index (χ0v) is 21.7. The van der Waals surface area contributed by atoms with Crippen molar-refractivity contribution in [2.24, 2.45) is 0 Å². The van der Waals surface area contributed by atoms with Gasteiger partial charge in [0.1, 0.15) is 4.88 Å². The van der Waals surface area contributed by atoms with Crippen molar-refractivity contribution in [2.75, 3.05) is 11.1 Å². The standard InChI is InChI=1S/C24H27N5O3S2/c1-12(2)32-22(31)21-16(6)25-23(34-21)26-19(30)7-8-33-24-28-27-18-11-14(4)17-10-13(3)9-15(5)20(17)29(18)24/h9-12H,7-8H2,1-6H3,(H,25,26,30). The molecule has 4 aromatic rings. The van der Waals surface area contributed by atoms with Crippen LogP contribution in [0.4, 0.5) is 5.13 Å². The van der Waals surface area contributed by atoms with E-state index in [0.29, 0.717) is 21.5 Å². The van der Waals surface area contributed by atoms with E-state index in [-0.39, 0.29) is 18.4 Å². The van der Waals surface area contributed by atoms with Crippen molar-refractivity contribution in [3.63, 3.8) is 0 Å². The number of hydrogen-bond donors (Lipinski definition) is 1. The molecule has 1 aromatic carbocycles. The van der Waals surface area contributed by atoms with Crippen LogP contribution in [0.5, 0.6) is 0 Å². The zero-order valence-electron chi connectivity index (χ0n) is 20.1. The van der Waals surface area contributed by atoms with Crippen LogP contribution in [-0.2, 0) is 9.53 Å². The Morgan fingerprint density at radius 2 is 1.88 bits per heavy atom. The van der Waals surface area contributed by atoms with E-state index in [1.807, 2.05) is 6.07 Å². The number of rotatable bonds is 7. The molecule has 0 saturated carbocycles. The lowest BCUT2D eigenvalue weighted by Gasteiger charge is -2.11. The number of amides is 1. The van der Waals surface area contributed by atoms with Gasteiger partial charge < -0.3 is 10.1 Å². The Hall–Kier alpha value is -2.98. The fourth-order valence-corrected chi connectivity index (χ4v) is 5.58. The number of anilines is 1. The summed E-state index contributed by atoms with van der Waals surface area (Å²) in [6.45, 7) is 11.6. The topological polar surface area (TPSA) is 98.5 Å². The SMILES string of the molecule is Cc1cc(C)c2c(c1)c(C)cc1nnc(SCCC(=O)Nc3nc(C)c(C(=O)OC(C)C)s3)n12. The van der Waals surface area contributed by atoms with Crippen LogP contribution in [0.2, 0.25) is 0 Å². The molecule has 0 aliphatic rings. The van der Waals surface area contributed by atoms with Crippen LogP contribution < -0.4 is 5.32 Å². The largest absolute Gasteiger partial charge is 0.459 e. The molecule has 4 rings (SSSR count). The van der Waals surface area contributed by atoms with Gasteiger partial charge in [0, 0.05) is 17.6 Å². The average Bonchev–Trinajstić information content (AvgIpc) is 3.30. The molecule has 0 unspecified atom stereocenters. The molecule has 10 heteroatoms. The molecule has 3 aromatic heterocycles. The Morgan fingerprint density at radius 1 is 1.12 bits per heavy atom. The third kappa shape index (κ3) is 4.92. The second-order valence-electron chi connectivity index (χ2n) is 8.52. The molecule has 0 radical (unpaired) electrons. The predicted molar refractivity (Wildman–Crippen MR) is 136 cm³/mol. The third-order valence-corrected chi connectivity index (χ3v) is 7.21. The van der Waals surface area contributed by atoms with Crippen LogP contribution in [0.15, 0.2) is 23.4 Å². The van der Waals surface area contributed by atoms with Gasteiger partial charge in [0.2, 0.25) is 5.91 Å². The van der Waals surface area contributed by atoms with Gasteiger partial charge in [-0.2, -0.15) is 0 Å². The summed E-state index contributed by atoms with van der Waals surface area (Å²) in [5, 5.41) is 13.8. The smallest absolute Gasteiger partial charge is 0.350 e. The number of carbonyl (C=O) groups excluding carboxylic acids is 2. The molecule has 0 spiro atoms. The average molecular weight is 498 g/mol. The maximum atomic E-state index is 12.5. The van der Waals surface area contributed by atoms with Gasteiger partial charge >= 0.3 is 5.97 Å². The number of esters is 1. The van der Waals surface area contributed by atoms with Gasteiger partial charge in [-0.15, -0.1) is 10.2 Å². The summed E-state index contributed by atoms with van der Waals surface area (Å²) >= 11 is 2.61.